The molecular weight excluding hydrogens is 260 g/mol. The highest BCUT2D eigenvalue weighted by Crippen LogP contribution is 2.24. The predicted octanol–water partition coefficient (Wildman–Crippen LogP) is 1.93. The number of benzene rings is 1. The number of para-hydroxylation sites is 1. The van der Waals surface area contributed by atoms with Gasteiger partial charge in [0.2, 0.25) is 0 Å². The molecule has 4 nitrogen and oxygen atoms in total. The largest absolute Gasteiger partial charge is 0.313 e. The van der Waals surface area contributed by atoms with E-state index in [4.69, 9.17) is 0 Å². The summed E-state index contributed by atoms with van der Waals surface area (Å²) in [6, 6.07) is 9.86. The molecule has 2 aromatic rings. The highest BCUT2D eigenvalue weighted by Gasteiger charge is 2.15. The van der Waals surface area contributed by atoms with Crippen LogP contribution in [0.3, 0.4) is 0 Å². The Morgan fingerprint density at radius 3 is 2.68 bits per heavy atom. The third-order valence-electron chi connectivity index (χ3n) is 3.18. The van der Waals surface area contributed by atoms with Crippen molar-refractivity contribution in [3.05, 3.63) is 42.1 Å². The minimum Gasteiger partial charge on any atom is -0.313 e. The van der Waals surface area contributed by atoms with Gasteiger partial charge in [-0.2, -0.15) is 0 Å². The van der Waals surface area contributed by atoms with Gasteiger partial charge in [0.15, 0.2) is 0 Å². The van der Waals surface area contributed by atoms with Gasteiger partial charge in [-0.15, -0.1) is 0 Å². The SMILES string of the molecule is CNC(CCS(C)(=O)=O)c1ccnc2ccccc12. The number of sulfone groups is 1. The molecule has 1 unspecified atom stereocenters. The number of fused-ring (bicyclic) bond motifs is 1. The molecule has 1 heterocycles. The van der Waals surface area contributed by atoms with Crippen LogP contribution in [0.2, 0.25) is 0 Å². The summed E-state index contributed by atoms with van der Waals surface area (Å²) in [5.74, 6) is 0.176. The fraction of sp³-hybridized carbons (Fsp3) is 0.357. The van der Waals surface area contributed by atoms with Crippen LogP contribution in [0.1, 0.15) is 18.0 Å². The van der Waals surface area contributed by atoms with E-state index in [1.54, 1.807) is 6.20 Å². The summed E-state index contributed by atoms with van der Waals surface area (Å²) in [6.45, 7) is 0. The lowest BCUT2D eigenvalue weighted by molar-refractivity contribution is 0.561. The fourth-order valence-electron chi connectivity index (χ4n) is 2.21. The Labute approximate surface area is 113 Å². The first-order valence-electron chi connectivity index (χ1n) is 6.20. The monoisotopic (exact) mass is 278 g/mol. The average Bonchev–Trinajstić information content (AvgIpc) is 2.38. The van der Waals surface area contributed by atoms with Crippen molar-refractivity contribution in [2.75, 3.05) is 19.1 Å². The molecule has 0 saturated carbocycles. The number of aromatic nitrogens is 1. The molecule has 19 heavy (non-hydrogen) atoms. The first-order chi connectivity index (χ1) is 9.01. The molecule has 1 aromatic carbocycles. The van der Waals surface area contributed by atoms with Crippen molar-refractivity contribution in [2.45, 2.75) is 12.5 Å². The van der Waals surface area contributed by atoms with E-state index < -0.39 is 9.84 Å². The summed E-state index contributed by atoms with van der Waals surface area (Å²) < 4.78 is 22.6. The molecule has 0 aliphatic heterocycles. The van der Waals surface area contributed by atoms with E-state index in [1.807, 2.05) is 37.4 Å². The van der Waals surface area contributed by atoms with Crippen molar-refractivity contribution in [3.8, 4) is 0 Å². The summed E-state index contributed by atoms with van der Waals surface area (Å²) in [4.78, 5) is 4.32. The van der Waals surface area contributed by atoms with Gasteiger partial charge >= 0.3 is 0 Å². The zero-order chi connectivity index (χ0) is 13.9. The Morgan fingerprint density at radius 2 is 2.00 bits per heavy atom. The van der Waals surface area contributed by atoms with Crippen LogP contribution in [0.4, 0.5) is 0 Å². The van der Waals surface area contributed by atoms with Crippen molar-refractivity contribution in [2.24, 2.45) is 0 Å². The average molecular weight is 278 g/mol. The van der Waals surface area contributed by atoms with Crippen LogP contribution >= 0.6 is 0 Å². The van der Waals surface area contributed by atoms with Gasteiger partial charge in [0.05, 0.1) is 11.3 Å². The molecule has 0 bridgehead atoms. The number of nitrogens with zero attached hydrogens (tertiary/aromatic N) is 1. The fourth-order valence-corrected chi connectivity index (χ4v) is 2.87. The van der Waals surface area contributed by atoms with Crippen LogP contribution in [0, 0.1) is 0 Å². The second-order valence-electron chi connectivity index (χ2n) is 4.68. The van der Waals surface area contributed by atoms with Gasteiger partial charge < -0.3 is 5.32 Å². The second-order valence-corrected chi connectivity index (χ2v) is 6.94. The molecule has 5 heteroatoms. The van der Waals surface area contributed by atoms with Gasteiger partial charge in [-0.3, -0.25) is 4.98 Å². The summed E-state index contributed by atoms with van der Waals surface area (Å²) in [6.07, 6.45) is 3.59. The van der Waals surface area contributed by atoms with Gasteiger partial charge in [0, 0.05) is 23.9 Å². The summed E-state index contributed by atoms with van der Waals surface area (Å²) in [5, 5.41) is 4.26. The zero-order valence-electron chi connectivity index (χ0n) is 11.1. The Balaban J connectivity index is 2.35. The van der Waals surface area contributed by atoms with Crippen LogP contribution in [0.5, 0.6) is 0 Å². The van der Waals surface area contributed by atoms with Crippen LogP contribution in [0.15, 0.2) is 36.5 Å². The lowest BCUT2D eigenvalue weighted by atomic mass is 10.0. The minimum atomic E-state index is -2.95. The first kappa shape index (κ1) is 14.0. The number of hydrogen-bond donors (Lipinski definition) is 1. The predicted molar refractivity (Wildman–Crippen MR) is 77.9 cm³/mol. The molecule has 0 saturated heterocycles. The standard InChI is InChI=1S/C14H18N2O2S/c1-15-13(8-10-19(2,17)18)12-7-9-16-14-6-4-3-5-11(12)14/h3-7,9,13,15H,8,10H2,1-2H3. The summed E-state index contributed by atoms with van der Waals surface area (Å²) >= 11 is 0. The third-order valence-corrected chi connectivity index (χ3v) is 4.16. The number of rotatable bonds is 5. The topological polar surface area (TPSA) is 59.1 Å². The Morgan fingerprint density at radius 1 is 1.26 bits per heavy atom. The van der Waals surface area contributed by atoms with E-state index in [2.05, 4.69) is 10.3 Å². The summed E-state index contributed by atoms with van der Waals surface area (Å²) in [7, 11) is -1.10. The molecular formula is C14H18N2O2S. The quantitative estimate of drug-likeness (QED) is 0.908. The van der Waals surface area contributed by atoms with Crippen molar-refractivity contribution in [3.63, 3.8) is 0 Å². The minimum absolute atomic E-state index is 0.0163. The van der Waals surface area contributed by atoms with E-state index in [0.717, 1.165) is 16.5 Å². The molecule has 0 radical (unpaired) electrons. The van der Waals surface area contributed by atoms with Crippen LogP contribution in [-0.2, 0) is 9.84 Å². The highest BCUT2D eigenvalue weighted by atomic mass is 32.2. The van der Waals surface area contributed by atoms with E-state index in [9.17, 15) is 8.42 Å². The number of pyridine rings is 1. The zero-order valence-corrected chi connectivity index (χ0v) is 11.9. The van der Waals surface area contributed by atoms with E-state index >= 15 is 0 Å². The van der Waals surface area contributed by atoms with Crippen molar-refractivity contribution < 1.29 is 8.42 Å². The van der Waals surface area contributed by atoms with Crippen molar-refractivity contribution in [1.29, 1.82) is 0 Å². The maximum absolute atomic E-state index is 11.3. The second kappa shape index (κ2) is 5.67. The molecule has 0 aliphatic rings. The van der Waals surface area contributed by atoms with Crippen molar-refractivity contribution >= 4 is 20.7 Å². The Hall–Kier alpha value is -1.46. The van der Waals surface area contributed by atoms with E-state index in [-0.39, 0.29) is 11.8 Å². The van der Waals surface area contributed by atoms with Gasteiger partial charge in [-0.05, 0) is 31.2 Å². The molecule has 1 aromatic heterocycles. The van der Waals surface area contributed by atoms with E-state index in [1.165, 1.54) is 6.26 Å². The van der Waals surface area contributed by atoms with Gasteiger partial charge in [0.25, 0.3) is 0 Å². The molecule has 1 N–H and O–H groups in total. The molecule has 0 amide bonds. The maximum Gasteiger partial charge on any atom is 0.147 e. The van der Waals surface area contributed by atoms with Crippen LogP contribution in [-0.4, -0.2) is 32.5 Å². The molecule has 0 aliphatic carbocycles. The van der Waals surface area contributed by atoms with Crippen LogP contribution < -0.4 is 5.32 Å². The first-order valence-corrected chi connectivity index (χ1v) is 8.26. The molecule has 1 atom stereocenters. The highest BCUT2D eigenvalue weighted by molar-refractivity contribution is 7.90. The third kappa shape index (κ3) is 3.52. The van der Waals surface area contributed by atoms with E-state index in [0.29, 0.717) is 6.42 Å². The van der Waals surface area contributed by atoms with Crippen molar-refractivity contribution in [1.82, 2.24) is 10.3 Å². The lowest BCUT2D eigenvalue weighted by Crippen LogP contribution is -2.20. The van der Waals surface area contributed by atoms with Crippen LogP contribution in [0.25, 0.3) is 10.9 Å². The Bertz CT molecular complexity index is 663. The van der Waals surface area contributed by atoms with Gasteiger partial charge in [-0.1, -0.05) is 18.2 Å². The number of hydrogen-bond acceptors (Lipinski definition) is 4. The van der Waals surface area contributed by atoms with Gasteiger partial charge in [0.1, 0.15) is 9.84 Å². The summed E-state index contributed by atoms with van der Waals surface area (Å²) in [5.41, 5.74) is 2.02. The smallest absolute Gasteiger partial charge is 0.147 e. The van der Waals surface area contributed by atoms with Gasteiger partial charge in [-0.25, -0.2) is 8.42 Å². The Kier molecular flexibility index (Phi) is 4.17. The normalized spacial score (nSPS) is 13.6. The number of nitrogens with one attached hydrogen (secondary N) is 1. The molecule has 0 fully saturated rings. The molecule has 102 valence electrons. The molecule has 2 rings (SSSR count). The maximum atomic E-state index is 11.3. The lowest BCUT2D eigenvalue weighted by Gasteiger charge is -2.18. The molecule has 0 spiro atoms.